The van der Waals surface area contributed by atoms with Gasteiger partial charge in [0.2, 0.25) is 0 Å². The molecule has 0 radical (unpaired) electrons. The number of hydrogen-bond donors (Lipinski definition) is 1. The summed E-state index contributed by atoms with van der Waals surface area (Å²) in [5, 5.41) is 3.75. The van der Waals surface area contributed by atoms with Gasteiger partial charge in [-0.3, -0.25) is 14.5 Å². The highest BCUT2D eigenvalue weighted by molar-refractivity contribution is 6.36. The summed E-state index contributed by atoms with van der Waals surface area (Å²) in [5.41, 5.74) is 4.73. The molecule has 1 aliphatic rings. The molecule has 0 aliphatic carbocycles. The van der Waals surface area contributed by atoms with E-state index in [1.807, 2.05) is 50.2 Å². The molecular weight excluding hydrogens is 424 g/mol. The molecule has 0 spiro atoms. The molecule has 6 heteroatoms. The van der Waals surface area contributed by atoms with Gasteiger partial charge in [0.15, 0.2) is 0 Å². The van der Waals surface area contributed by atoms with Crippen LogP contribution in [0.2, 0.25) is 5.02 Å². The van der Waals surface area contributed by atoms with Crippen molar-refractivity contribution in [3.8, 4) is 5.75 Å². The molecule has 4 rings (SSSR count). The summed E-state index contributed by atoms with van der Waals surface area (Å²) in [6.07, 6.45) is 0. The Morgan fingerprint density at radius 1 is 0.938 bits per heavy atom. The van der Waals surface area contributed by atoms with Crippen LogP contribution in [0.4, 0.5) is 5.69 Å². The average Bonchev–Trinajstić information content (AvgIpc) is 3.02. The molecule has 0 fully saturated rings. The van der Waals surface area contributed by atoms with E-state index < -0.39 is 0 Å². The summed E-state index contributed by atoms with van der Waals surface area (Å²) in [6, 6.07) is 20.3. The van der Waals surface area contributed by atoms with Crippen LogP contribution in [0.25, 0.3) is 5.57 Å². The quantitative estimate of drug-likeness (QED) is 0.518. The molecule has 1 aliphatic heterocycles. The highest BCUT2D eigenvalue weighted by atomic mass is 35.5. The fourth-order valence-corrected chi connectivity index (χ4v) is 3.86. The Labute approximate surface area is 192 Å². The van der Waals surface area contributed by atoms with E-state index in [1.54, 1.807) is 37.4 Å². The van der Waals surface area contributed by atoms with E-state index in [0.29, 0.717) is 27.5 Å². The molecule has 2 amide bonds. The number of aryl methyl sites for hydroxylation is 2. The van der Waals surface area contributed by atoms with Crippen LogP contribution in [-0.4, -0.2) is 23.8 Å². The molecule has 162 valence electrons. The number of nitrogens with one attached hydrogen (secondary N) is 1. The van der Waals surface area contributed by atoms with E-state index in [1.165, 1.54) is 4.90 Å². The van der Waals surface area contributed by atoms with Crippen molar-refractivity contribution in [2.75, 3.05) is 12.4 Å². The van der Waals surface area contributed by atoms with Gasteiger partial charge < -0.3 is 10.1 Å². The number of benzene rings is 3. The lowest BCUT2D eigenvalue weighted by Crippen LogP contribution is -2.32. The first-order chi connectivity index (χ1) is 15.4. The van der Waals surface area contributed by atoms with Crippen molar-refractivity contribution >= 4 is 34.7 Å². The summed E-state index contributed by atoms with van der Waals surface area (Å²) in [5.74, 6) is -0.0855. The van der Waals surface area contributed by atoms with E-state index in [0.717, 1.165) is 16.8 Å². The van der Waals surface area contributed by atoms with Crippen LogP contribution in [0.15, 0.2) is 72.4 Å². The number of carbonyl (C=O) groups is 2. The van der Waals surface area contributed by atoms with Crippen LogP contribution in [0.3, 0.4) is 0 Å². The summed E-state index contributed by atoms with van der Waals surface area (Å²) in [7, 11) is 1.58. The molecule has 0 saturated heterocycles. The predicted molar refractivity (Wildman–Crippen MR) is 126 cm³/mol. The van der Waals surface area contributed by atoms with Crippen molar-refractivity contribution in [2.24, 2.45) is 0 Å². The lowest BCUT2D eigenvalue weighted by Gasteiger charge is -2.16. The SMILES string of the molecule is COc1ccc(C2=C(Nc3cc(C)ccc3C)C(=O)N(Cc3ccccc3Cl)C2=O)cc1. The molecule has 5 nitrogen and oxygen atoms in total. The number of ether oxygens (including phenoxy) is 1. The van der Waals surface area contributed by atoms with Gasteiger partial charge in [0.25, 0.3) is 11.8 Å². The number of methoxy groups -OCH3 is 1. The zero-order valence-electron chi connectivity index (χ0n) is 18.1. The van der Waals surface area contributed by atoms with Crippen LogP contribution >= 0.6 is 11.6 Å². The first-order valence-corrected chi connectivity index (χ1v) is 10.6. The summed E-state index contributed by atoms with van der Waals surface area (Å²) in [6.45, 7) is 4.03. The first kappa shape index (κ1) is 21.7. The van der Waals surface area contributed by atoms with Crippen molar-refractivity contribution in [3.63, 3.8) is 0 Å². The maximum absolute atomic E-state index is 13.5. The van der Waals surface area contributed by atoms with Crippen LogP contribution in [0.1, 0.15) is 22.3 Å². The Balaban J connectivity index is 1.78. The van der Waals surface area contributed by atoms with Crippen LogP contribution in [0, 0.1) is 13.8 Å². The third-order valence-corrected chi connectivity index (χ3v) is 5.85. The monoisotopic (exact) mass is 446 g/mol. The van der Waals surface area contributed by atoms with Gasteiger partial charge in [0.1, 0.15) is 11.4 Å². The number of imide groups is 1. The average molecular weight is 447 g/mol. The normalized spacial score (nSPS) is 13.7. The highest BCUT2D eigenvalue weighted by Crippen LogP contribution is 2.33. The van der Waals surface area contributed by atoms with E-state index >= 15 is 0 Å². The van der Waals surface area contributed by atoms with Crippen molar-refractivity contribution in [3.05, 3.63) is 99.7 Å². The second-order valence-electron chi connectivity index (χ2n) is 7.71. The van der Waals surface area contributed by atoms with Gasteiger partial charge in [-0.05, 0) is 60.4 Å². The molecule has 3 aromatic carbocycles. The number of anilines is 1. The van der Waals surface area contributed by atoms with E-state index in [4.69, 9.17) is 16.3 Å². The number of hydrogen-bond acceptors (Lipinski definition) is 4. The standard InChI is InChI=1S/C26H23ClN2O3/c1-16-8-9-17(2)22(14-16)28-24-23(18-10-12-20(32-3)13-11-18)25(30)29(26(24)31)15-19-6-4-5-7-21(19)27/h4-14,28H,15H2,1-3H3. The van der Waals surface area contributed by atoms with Gasteiger partial charge in [-0.2, -0.15) is 0 Å². The number of amides is 2. The molecule has 0 bridgehead atoms. The van der Waals surface area contributed by atoms with Gasteiger partial charge in [-0.1, -0.05) is 54.1 Å². The van der Waals surface area contributed by atoms with E-state index in [-0.39, 0.29) is 24.1 Å². The minimum atomic E-state index is -0.387. The van der Waals surface area contributed by atoms with E-state index in [9.17, 15) is 9.59 Å². The predicted octanol–water partition coefficient (Wildman–Crippen LogP) is 5.36. The summed E-state index contributed by atoms with van der Waals surface area (Å²) >= 11 is 6.30. The number of halogens is 1. The minimum absolute atomic E-state index is 0.0922. The van der Waals surface area contributed by atoms with Crippen molar-refractivity contribution in [1.29, 1.82) is 0 Å². The lowest BCUT2D eigenvalue weighted by atomic mass is 10.0. The Morgan fingerprint density at radius 3 is 2.34 bits per heavy atom. The van der Waals surface area contributed by atoms with Crippen molar-refractivity contribution < 1.29 is 14.3 Å². The smallest absolute Gasteiger partial charge is 0.278 e. The molecule has 32 heavy (non-hydrogen) atoms. The molecule has 0 atom stereocenters. The molecule has 0 saturated carbocycles. The summed E-state index contributed by atoms with van der Waals surface area (Å²) < 4.78 is 5.24. The molecule has 3 aromatic rings. The second kappa shape index (κ2) is 8.89. The van der Waals surface area contributed by atoms with Crippen molar-refractivity contribution in [2.45, 2.75) is 20.4 Å². The molecule has 0 unspecified atom stereocenters. The molecule has 1 heterocycles. The van der Waals surface area contributed by atoms with Gasteiger partial charge in [-0.25, -0.2) is 0 Å². The Bertz CT molecular complexity index is 1230. The first-order valence-electron chi connectivity index (χ1n) is 10.2. The number of nitrogens with zero attached hydrogens (tertiary/aromatic N) is 1. The second-order valence-corrected chi connectivity index (χ2v) is 8.12. The fraction of sp³-hybridized carbons (Fsp3) is 0.154. The maximum atomic E-state index is 13.5. The van der Waals surface area contributed by atoms with Gasteiger partial charge in [-0.15, -0.1) is 0 Å². The molecule has 1 N–H and O–H groups in total. The van der Waals surface area contributed by atoms with Gasteiger partial charge in [0.05, 0.1) is 19.2 Å². The zero-order chi connectivity index (χ0) is 22.8. The lowest BCUT2D eigenvalue weighted by molar-refractivity contribution is -0.137. The van der Waals surface area contributed by atoms with Crippen LogP contribution in [-0.2, 0) is 16.1 Å². The highest BCUT2D eigenvalue weighted by Gasteiger charge is 2.39. The molecule has 0 aromatic heterocycles. The largest absolute Gasteiger partial charge is 0.497 e. The van der Waals surface area contributed by atoms with Gasteiger partial charge in [0, 0.05) is 10.7 Å². The Hall–Kier alpha value is -3.57. The van der Waals surface area contributed by atoms with Crippen LogP contribution < -0.4 is 10.1 Å². The maximum Gasteiger partial charge on any atom is 0.278 e. The number of carbonyl (C=O) groups excluding carboxylic acids is 2. The number of rotatable bonds is 6. The fourth-order valence-electron chi connectivity index (χ4n) is 3.66. The van der Waals surface area contributed by atoms with Crippen LogP contribution in [0.5, 0.6) is 5.75 Å². The van der Waals surface area contributed by atoms with Crippen molar-refractivity contribution in [1.82, 2.24) is 4.90 Å². The Kier molecular flexibility index (Phi) is 6.01. The van der Waals surface area contributed by atoms with E-state index in [2.05, 4.69) is 5.32 Å². The topological polar surface area (TPSA) is 58.6 Å². The summed E-state index contributed by atoms with van der Waals surface area (Å²) in [4.78, 5) is 28.2. The Morgan fingerprint density at radius 2 is 1.66 bits per heavy atom. The third-order valence-electron chi connectivity index (χ3n) is 5.49. The third kappa shape index (κ3) is 4.12. The van der Waals surface area contributed by atoms with Gasteiger partial charge >= 0.3 is 0 Å². The molecular formula is C26H23ClN2O3. The zero-order valence-corrected chi connectivity index (χ0v) is 18.9. The minimum Gasteiger partial charge on any atom is -0.497 e.